The zero-order valence-corrected chi connectivity index (χ0v) is 18.4. The molecule has 1 atom stereocenters. The van der Waals surface area contributed by atoms with Crippen LogP contribution in [-0.2, 0) is 11.2 Å². The minimum Gasteiger partial charge on any atom is -0.320 e. The van der Waals surface area contributed by atoms with Crippen LogP contribution in [0.3, 0.4) is 0 Å². The van der Waals surface area contributed by atoms with Gasteiger partial charge in [-0.3, -0.25) is 20.4 Å². The smallest absolute Gasteiger partial charge is 0.320 e. The van der Waals surface area contributed by atoms with E-state index in [9.17, 15) is 23.2 Å². The van der Waals surface area contributed by atoms with Crippen LogP contribution in [0.25, 0.3) is 0 Å². The summed E-state index contributed by atoms with van der Waals surface area (Å²) in [4.78, 5) is 37.5. The molecule has 2 aromatic rings. The summed E-state index contributed by atoms with van der Waals surface area (Å²) in [5, 5.41) is 3.20. The van der Waals surface area contributed by atoms with Gasteiger partial charge in [0.15, 0.2) is 0 Å². The number of benzene rings is 2. The molecular formula is C21H21ClF2N4O3S. The van der Waals surface area contributed by atoms with Crippen LogP contribution in [0.4, 0.5) is 19.3 Å². The van der Waals surface area contributed by atoms with Crippen molar-refractivity contribution in [1.29, 1.82) is 0 Å². The first-order chi connectivity index (χ1) is 15.3. The zero-order chi connectivity index (χ0) is 23.1. The number of amides is 4. The Kier molecular flexibility index (Phi) is 8.29. The van der Waals surface area contributed by atoms with E-state index in [1.165, 1.54) is 12.1 Å². The van der Waals surface area contributed by atoms with Crippen LogP contribution >= 0.6 is 23.4 Å². The van der Waals surface area contributed by atoms with Crippen molar-refractivity contribution in [3.63, 3.8) is 0 Å². The number of hydrogen-bond donors (Lipinski definition) is 3. The molecule has 1 unspecified atom stereocenters. The molecule has 0 saturated carbocycles. The van der Waals surface area contributed by atoms with Gasteiger partial charge in [-0.25, -0.2) is 4.79 Å². The number of thioether (sulfide) groups is 1. The third-order valence-electron chi connectivity index (χ3n) is 4.78. The van der Waals surface area contributed by atoms with Gasteiger partial charge in [0.25, 0.3) is 5.91 Å². The van der Waals surface area contributed by atoms with E-state index in [0.717, 1.165) is 17.1 Å². The number of urea groups is 1. The molecule has 4 amide bonds. The summed E-state index contributed by atoms with van der Waals surface area (Å²) in [6.45, 7) is 0.593. The number of anilines is 1. The predicted octanol–water partition coefficient (Wildman–Crippen LogP) is 3.56. The van der Waals surface area contributed by atoms with Crippen LogP contribution in [0, 0.1) is 0 Å². The number of nitrogens with one attached hydrogen (secondary N) is 3. The summed E-state index contributed by atoms with van der Waals surface area (Å²) in [5.74, 6) is -0.815. The minimum absolute atomic E-state index is 0.0973. The summed E-state index contributed by atoms with van der Waals surface area (Å²) in [5.41, 5.74) is 5.10. The molecule has 3 rings (SSSR count). The van der Waals surface area contributed by atoms with Gasteiger partial charge in [0.1, 0.15) is 0 Å². The standard InChI is InChI=1S/C21H21ClF2N4O3S/c22-17-11-14(19(29)26-27-20(30)18(23)24)7-6-13(17)10-16-12-32-9-8-28(16)21(31)25-15-4-2-1-3-5-15/h1-7,11,16,18H,8-10,12H2,(H,25,31)(H,26,29)(H,27,30). The van der Waals surface area contributed by atoms with Gasteiger partial charge in [-0.05, 0) is 36.2 Å². The summed E-state index contributed by atoms with van der Waals surface area (Å²) in [6.07, 6.45) is -2.76. The largest absolute Gasteiger partial charge is 0.322 e. The van der Waals surface area contributed by atoms with Gasteiger partial charge in [-0.1, -0.05) is 35.9 Å². The lowest BCUT2D eigenvalue weighted by Crippen LogP contribution is -2.49. The molecular weight excluding hydrogens is 462 g/mol. The number of nitrogens with zero attached hydrogens (tertiary/aromatic N) is 1. The summed E-state index contributed by atoms with van der Waals surface area (Å²) in [7, 11) is 0. The van der Waals surface area contributed by atoms with Crippen LogP contribution in [0.5, 0.6) is 0 Å². The lowest BCUT2D eigenvalue weighted by molar-refractivity contribution is -0.132. The Balaban J connectivity index is 1.65. The van der Waals surface area contributed by atoms with Crippen molar-refractivity contribution in [3.8, 4) is 0 Å². The topological polar surface area (TPSA) is 90.5 Å². The molecule has 11 heteroatoms. The third kappa shape index (κ3) is 6.33. The molecule has 0 spiro atoms. The molecule has 170 valence electrons. The Morgan fingerprint density at radius 1 is 1.12 bits per heavy atom. The Bertz CT molecular complexity index is 981. The fourth-order valence-electron chi connectivity index (χ4n) is 3.16. The van der Waals surface area contributed by atoms with Crippen molar-refractivity contribution in [3.05, 3.63) is 64.7 Å². The summed E-state index contributed by atoms with van der Waals surface area (Å²) in [6, 6.07) is 13.4. The first-order valence-corrected chi connectivity index (χ1v) is 11.3. The van der Waals surface area contributed by atoms with E-state index in [2.05, 4.69) is 5.32 Å². The predicted molar refractivity (Wildman–Crippen MR) is 120 cm³/mol. The highest BCUT2D eigenvalue weighted by Gasteiger charge is 2.28. The van der Waals surface area contributed by atoms with Crippen LogP contribution in [0.15, 0.2) is 48.5 Å². The fraction of sp³-hybridized carbons (Fsp3) is 0.286. The van der Waals surface area contributed by atoms with Crippen molar-refractivity contribution in [2.24, 2.45) is 0 Å². The first kappa shape index (κ1) is 23.8. The second-order valence-electron chi connectivity index (χ2n) is 6.97. The molecule has 1 aliphatic rings. The Morgan fingerprint density at radius 2 is 1.88 bits per heavy atom. The number of rotatable bonds is 5. The molecule has 1 saturated heterocycles. The van der Waals surface area contributed by atoms with Gasteiger partial charge < -0.3 is 10.2 Å². The maximum atomic E-state index is 12.8. The molecule has 0 aliphatic carbocycles. The quantitative estimate of drug-likeness (QED) is 0.568. The Labute approximate surface area is 192 Å². The van der Waals surface area contributed by atoms with Crippen molar-refractivity contribution in [2.45, 2.75) is 18.9 Å². The van der Waals surface area contributed by atoms with Gasteiger partial charge in [-0.2, -0.15) is 20.5 Å². The third-order valence-corrected chi connectivity index (χ3v) is 6.23. The number of alkyl halides is 2. The lowest BCUT2D eigenvalue weighted by Gasteiger charge is -2.35. The van der Waals surface area contributed by atoms with Crippen molar-refractivity contribution < 1.29 is 23.2 Å². The van der Waals surface area contributed by atoms with E-state index in [1.807, 2.05) is 35.8 Å². The molecule has 1 heterocycles. The van der Waals surface area contributed by atoms with Gasteiger partial charge in [0, 0.05) is 40.4 Å². The van der Waals surface area contributed by atoms with Crippen LogP contribution < -0.4 is 16.2 Å². The van der Waals surface area contributed by atoms with Crippen molar-refractivity contribution in [1.82, 2.24) is 15.8 Å². The number of para-hydroxylation sites is 1. The average Bonchev–Trinajstić information content (AvgIpc) is 2.79. The van der Waals surface area contributed by atoms with E-state index in [-0.39, 0.29) is 17.6 Å². The average molecular weight is 483 g/mol. The van der Waals surface area contributed by atoms with Crippen molar-refractivity contribution in [2.75, 3.05) is 23.4 Å². The van der Waals surface area contributed by atoms with E-state index in [4.69, 9.17) is 11.6 Å². The SMILES string of the molecule is O=C(NNC(=O)C(F)F)c1ccc(CC2CSCCN2C(=O)Nc2ccccc2)c(Cl)c1. The highest BCUT2D eigenvalue weighted by molar-refractivity contribution is 7.99. The van der Waals surface area contributed by atoms with E-state index in [0.29, 0.717) is 23.7 Å². The summed E-state index contributed by atoms with van der Waals surface area (Å²) >= 11 is 8.09. The van der Waals surface area contributed by atoms with Crippen LogP contribution in [0.1, 0.15) is 15.9 Å². The number of halogens is 3. The monoisotopic (exact) mass is 482 g/mol. The number of carbonyl (C=O) groups excluding carboxylic acids is 3. The Hall–Kier alpha value is -2.85. The molecule has 0 aromatic heterocycles. The van der Waals surface area contributed by atoms with Crippen LogP contribution in [0.2, 0.25) is 5.02 Å². The molecule has 1 fully saturated rings. The molecule has 0 radical (unpaired) electrons. The highest BCUT2D eigenvalue weighted by atomic mass is 35.5. The first-order valence-electron chi connectivity index (χ1n) is 9.72. The number of carbonyl (C=O) groups is 3. The molecule has 3 N–H and O–H groups in total. The van der Waals surface area contributed by atoms with E-state index < -0.39 is 18.2 Å². The van der Waals surface area contributed by atoms with Crippen LogP contribution in [-0.4, -0.2) is 53.3 Å². The Morgan fingerprint density at radius 3 is 2.56 bits per heavy atom. The summed E-state index contributed by atoms with van der Waals surface area (Å²) < 4.78 is 24.4. The second kappa shape index (κ2) is 11.1. The second-order valence-corrected chi connectivity index (χ2v) is 8.53. The zero-order valence-electron chi connectivity index (χ0n) is 16.8. The van der Waals surface area contributed by atoms with E-state index >= 15 is 0 Å². The molecule has 32 heavy (non-hydrogen) atoms. The van der Waals surface area contributed by atoms with E-state index in [1.54, 1.807) is 28.2 Å². The number of hydrogen-bond acceptors (Lipinski definition) is 4. The number of hydrazine groups is 1. The maximum absolute atomic E-state index is 12.8. The van der Waals surface area contributed by atoms with Crippen molar-refractivity contribution >= 4 is 46.9 Å². The molecule has 1 aliphatic heterocycles. The van der Waals surface area contributed by atoms with Gasteiger partial charge in [-0.15, -0.1) is 0 Å². The van der Waals surface area contributed by atoms with Gasteiger partial charge in [0.05, 0.1) is 0 Å². The lowest BCUT2D eigenvalue weighted by atomic mass is 10.0. The molecule has 2 aromatic carbocycles. The fourth-order valence-corrected chi connectivity index (χ4v) is 4.48. The molecule has 0 bridgehead atoms. The normalized spacial score (nSPS) is 15.9. The van der Waals surface area contributed by atoms with Gasteiger partial charge in [0.2, 0.25) is 0 Å². The highest BCUT2D eigenvalue weighted by Crippen LogP contribution is 2.25. The maximum Gasteiger partial charge on any atom is 0.322 e. The van der Waals surface area contributed by atoms with Gasteiger partial charge >= 0.3 is 18.4 Å². The molecule has 7 nitrogen and oxygen atoms in total. The minimum atomic E-state index is -3.24.